The van der Waals surface area contributed by atoms with Crippen LogP contribution in [-0.2, 0) is 9.53 Å². The van der Waals surface area contributed by atoms with E-state index in [1.54, 1.807) is 0 Å². The summed E-state index contributed by atoms with van der Waals surface area (Å²) in [4.78, 5) is 10.9. The van der Waals surface area contributed by atoms with Crippen LogP contribution in [0.4, 0.5) is 0 Å². The normalized spacial score (nSPS) is 16.6. The van der Waals surface area contributed by atoms with Gasteiger partial charge in [-0.1, -0.05) is 0 Å². The molecule has 0 saturated heterocycles. The highest BCUT2D eigenvalue weighted by Gasteiger charge is 2.39. The van der Waals surface area contributed by atoms with Gasteiger partial charge in [-0.05, 0) is 0 Å². The van der Waals surface area contributed by atoms with E-state index in [9.17, 15) is 4.79 Å². The summed E-state index contributed by atoms with van der Waals surface area (Å²) >= 11 is 0. The number of esters is 1. The Morgan fingerprint density at radius 1 is 1.50 bits per heavy atom. The topological polar surface area (TPSA) is 26.3 Å². The zero-order valence-corrected chi connectivity index (χ0v) is 9.43. The number of halogens is 1. The maximum atomic E-state index is 10.9. The van der Waals surface area contributed by atoms with Gasteiger partial charge in [0.2, 0.25) is 0 Å². The standard InChI is InChI=1S/C8H16NO2.BrH/c1-9(2,7-4-5-7)6-8(10)11-3;/h7H,4-6H2,1-3H3;1H/q+1;/p-1. The van der Waals surface area contributed by atoms with Crippen LogP contribution in [0.3, 0.4) is 0 Å². The van der Waals surface area contributed by atoms with Gasteiger partial charge in [-0.25, -0.2) is 4.79 Å². The third kappa shape index (κ3) is 3.11. The second-order valence-electron chi connectivity index (χ2n) is 3.74. The van der Waals surface area contributed by atoms with E-state index in [4.69, 9.17) is 0 Å². The molecule has 1 aliphatic rings. The van der Waals surface area contributed by atoms with Crippen LogP contribution in [0.15, 0.2) is 0 Å². The lowest BCUT2D eigenvalue weighted by molar-refractivity contribution is -0.894. The van der Waals surface area contributed by atoms with E-state index < -0.39 is 0 Å². The van der Waals surface area contributed by atoms with Crippen molar-refractivity contribution in [2.45, 2.75) is 18.9 Å². The monoisotopic (exact) mass is 237 g/mol. The summed E-state index contributed by atoms with van der Waals surface area (Å²) in [5.41, 5.74) is 0. The number of quaternary nitrogens is 1. The predicted molar refractivity (Wildman–Crippen MR) is 42.0 cm³/mol. The number of carbonyl (C=O) groups is 1. The highest BCUT2D eigenvalue weighted by molar-refractivity contribution is 5.70. The van der Waals surface area contributed by atoms with Crippen LogP contribution < -0.4 is 17.0 Å². The number of methoxy groups -OCH3 is 1. The predicted octanol–water partition coefficient (Wildman–Crippen LogP) is -2.60. The average molecular weight is 238 g/mol. The summed E-state index contributed by atoms with van der Waals surface area (Å²) in [5.74, 6) is -0.109. The van der Waals surface area contributed by atoms with Gasteiger partial charge in [0.25, 0.3) is 0 Å². The first-order valence-corrected chi connectivity index (χ1v) is 3.96. The minimum absolute atomic E-state index is 0. The fourth-order valence-electron chi connectivity index (χ4n) is 1.30. The largest absolute Gasteiger partial charge is 1.00 e. The summed E-state index contributed by atoms with van der Waals surface area (Å²) in [6, 6.07) is 0.689. The molecule has 1 aliphatic carbocycles. The zero-order chi connectivity index (χ0) is 8.48. The van der Waals surface area contributed by atoms with Crippen molar-refractivity contribution in [1.82, 2.24) is 0 Å². The SMILES string of the molecule is COC(=O)C[N+](C)(C)C1CC1.[Br-]. The molecule has 0 aromatic heterocycles. The summed E-state index contributed by atoms with van der Waals surface area (Å²) in [7, 11) is 5.60. The number of likely N-dealkylation sites (N-methyl/N-ethyl adjacent to an activating group) is 1. The first-order valence-electron chi connectivity index (χ1n) is 3.96. The van der Waals surface area contributed by atoms with E-state index in [2.05, 4.69) is 18.8 Å². The molecule has 0 aliphatic heterocycles. The number of hydrogen-bond donors (Lipinski definition) is 0. The van der Waals surface area contributed by atoms with Crippen molar-refractivity contribution >= 4 is 5.97 Å². The molecule has 12 heavy (non-hydrogen) atoms. The lowest BCUT2D eigenvalue weighted by atomic mass is 10.4. The van der Waals surface area contributed by atoms with Crippen molar-refractivity contribution in [2.24, 2.45) is 0 Å². The van der Waals surface area contributed by atoms with Gasteiger partial charge in [-0.3, -0.25) is 0 Å². The molecule has 1 saturated carbocycles. The Balaban J connectivity index is 0.00000121. The van der Waals surface area contributed by atoms with Crippen LogP contribution in [-0.4, -0.2) is 44.2 Å². The minimum atomic E-state index is -0.109. The lowest BCUT2D eigenvalue weighted by Crippen LogP contribution is -3.00. The van der Waals surface area contributed by atoms with Crippen LogP contribution in [0.1, 0.15) is 12.8 Å². The smallest absolute Gasteiger partial charge is 0.361 e. The van der Waals surface area contributed by atoms with Crippen LogP contribution in [0, 0.1) is 0 Å². The Hall–Kier alpha value is -0.0900. The highest BCUT2D eigenvalue weighted by atomic mass is 79.9. The molecule has 1 rings (SSSR count). The van der Waals surface area contributed by atoms with E-state index in [-0.39, 0.29) is 23.0 Å². The van der Waals surface area contributed by atoms with E-state index in [0.717, 1.165) is 4.48 Å². The number of hydrogen-bond acceptors (Lipinski definition) is 2. The zero-order valence-electron chi connectivity index (χ0n) is 7.84. The number of rotatable bonds is 3. The fraction of sp³-hybridized carbons (Fsp3) is 0.875. The van der Waals surface area contributed by atoms with Gasteiger partial charge < -0.3 is 26.2 Å². The Morgan fingerprint density at radius 3 is 2.33 bits per heavy atom. The Labute approximate surface area is 84.0 Å². The Kier molecular flexibility index (Phi) is 4.20. The van der Waals surface area contributed by atoms with E-state index in [1.807, 2.05) is 0 Å². The first-order chi connectivity index (χ1) is 5.06. The summed E-state index contributed by atoms with van der Waals surface area (Å²) in [5, 5.41) is 0. The molecule has 0 spiro atoms. The molecule has 0 amide bonds. The minimum Gasteiger partial charge on any atom is -1.00 e. The molecule has 0 unspecified atom stereocenters. The van der Waals surface area contributed by atoms with Gasteiger partial charge in [0.15, 0.2) is 6.54 Å². The summed E-state index contributed by atoms with van der Waals surface area (Å²) in [6.07, 6.45) is 2.51. The van der Waals surface area contributed by atoms with Crippen LogP contribution in [0.5, 0.6) is 0 Å². The van der Waals surface area contributed by atoms with Gasteiger partial charge in [0.1, 0.15) is 0 Å². The van der Waals surface area contributed by atoms with E-state index in [1.165, 1.54) is 20.0 Å². The number of carbonyl (C=O) groups excluding carboxylic acids is 1. The molecule has 3 nitrogen and oxygen atoms in total. The molecular weight excluding hydrogens is 222 g/mol. The van der Waals surface area contributed by atoms with Crippen molar-refractivity contribution in [1.29, 1.82) is 0 Å². The van der Waals surface area contributed by atoms with Crippen molar-refractivity contribution in [3.05, 3.63) is 0 Å². The first kappa shape index (κ1) is 11.9. The number of nitrogens with zero attached hydrogens (tertiary/aromatic N) is 1. The molecule has 0 heterocycles. The Morgan fingerprint density at radius 2 is 2.00 bits per heavy atom. The van der Waals surface area contributed by atoms with Crippen molar-refractivity contribution in [2.75, 3.05) is 27.7 Å². The van der Waals surface area contributed by atoms with Gasteiger partial charge in [-0.2, -0.15) is 0 Å². The molecule has 0 radical (unpaired) electrons. The molecule has 4 heteroatoms. The molecule has 0 bridgehead atoms. The van der Waals surface area contributed by atoms with E-state index in [0.29, 0.717) is 12.6 Å². The van der Waals surface area contributed by atoms with Gasteiger partial charge >= 0.3 is 5.97 Å². The maximum Gasteiger partial charge on any atom is 0.361 e. The summed E-state index contributed by atoms with van der Waals surface area (Å²) in [6.45, 7) is 0.501. The maximum absolute atomic E-state index is 10.9. The lowest BCUT2D eigenvalue weighted by Gasteiger charge is -2.28. The summed E-state index contributed by atoms with van der Waals surface area (Å²) < 4.78 is 5.39. The van der Waals surface area contributed by atoms with E-state index >= 15 is 0 Å². The van der Waals surface area contributed by atoms with Crippen LogP contribution in [0.2, 0.25) is 0 Å². The molecule has 0 atom stereocenters. The third-order valence-corrected chi connectivity index (χ3v) is 2.30. The second-order valence-corrected chi connectivity index (χ2v) is 3.74. The highest BCUT2D eigenvalue weighted by Crippen LogP contribution is 2.30. The third-order valence-electron chi connectivity index (χ3n) is 2.30. The molecule has 0 N–H and O–H groups in total. The van der Waals surface area contributed by atoms with Gasteiger partial charge in [-0.15, -0.1) is 0 Å². The number of ether oxygens (including phenoxy) is 1. The van der Waals surface area contributed by atoms with Crippen molar-refractivity contribution in [3.63, 3.8) is 0 Å². The Bertz CT molecular complexity index is 166. The molecule has 0 aromatic carbocycles. The molecular formula is C8H16BrNO2. The van der Waals surface area contributed by atoms with Crippen molar-refractivity contribution in [3.8, 4) is 0 Å². The van der Waals surface area contributed by atoms with Gasteiger partial charge in [0, 0.05) is 12.8 Å². The fourth-order valence-corrected chi connectivity index (χ4v) is 1.30. The van der Waals surface area contributed by atoms with Gasteiger partial charge in [0.05, 0.1) is 27.2 Å². The molecule has 0 aromatic rings. The average Bonchev–Trinajstić information content (AvgIpc) is 2.66. The molecule has 72 valence electrons. The quantitative estimate of drug-likeness (QED) is 0.398. The van der Waals surface area contributed by atoms with Crippen LogP contribution in [0.25, 0.3) is 0 Å². The van der Waals surface area contributed by atoms with Crippen molar-refractivity contribution < 1.29 is 31.0 Å². The van der Waals surface area contributed by atoms with Crippen LogP contribution >= 0.6 is 0 Å². The second kappa shape index (κ2) is 4.23. The molecule has 1 fully saturated rings.